The minimum atomic E-state index is -0.608. The van der Waals surface area contributed by atoms with Crippen molar-refractivity contribution in [3.8, 4) is 0 Å². The maximum absolute atomic E-state index is 9.78. The first kappa shape index (κ1) is 17.5. The third-order valence-electron chi connectivity index (χ3n) is 4.06. The van der Waals surface area contributed by atoms with E-state index in [2.05, 4.69) is 6.92 Å². The van der Waals surface area contributed by atoms with Crippen LogP contribution in [0, 0.1) is 0 Å². The first-order valence-corrected chi connectivity index (χ1v) is 8.04. The molecule has 1 aromatic carbocycles. The SMILES string of the molecule is CCCCCCCCC(CO)(CO)c1ccccc1Cl. The fourth-order valence-corrected chi connectivity index (χ4v) is 2.98. The summed E-state index contributed by atoms with van der Waals surface area (Å²) in [7, 11) is 0. The highest BCUT2D eigenvalue weighted by Crippen LogP contribution is 2.34. The highest BCUT2D eigenvalue weighted by atomic mass is 35.5. The third-order valence-corrected chi connectivity index (χ3v) is 4.39. The van der Waals surface area contributed by atoms with Crippen LogP contribution in [0.25, 0.3) is 0 Å². The Morgan fingerprint density at radius 3 is 2.15 bits per heavy atom. The summed E-state index contributed by atoms with van der Waals surface area (Å²) in [6, 6.07) is 7.50. The lowest BCUT2D eigenvalue weighted by atomic mass is 9.77. The van der Waals surface area contributed by atoms with Gasteiger partial charge >= 0.3 is 0 Å². The molecule has 0 atom stereocenters. The average Bonchev–Trinajstić information content (AvgIpc) is 2.48. The van der Waals surface area contributed by atoms with Crippen LogP contribution in [0.3, 0.4) is 0 Å². The molecule has 2 N–H and O–H groups in total. The lowest BCUT2D eigenvalue weighted by molar-refractivity contribution is 0.107. The Hall–Kier alpha value is -0.570. The molecule has 0 amide bonds. The summed E-state index contributed by atoms with van der Waals surface area (Å²) in [5.74, 6) is 0. The second kappa shape index (κ2) is 9.38. The Kier molecular flexibility index (Phi) is 8.20. The summed E-state index contributed by atoms with van der Waals surface area (Å²) in [5, 5.41) is 20.2. The summed E-state index contributed by atoms with van der Waals surface area (Å²) in [5.41, 5.74) is 0.253. The highest BCUT2D eigenvalue weighted by molar-refractivity contribution is 6.31. The lowest BCUT2D eigenvalue weighted by Crippen LogP contribution is -2.35. The van der Waals surface area contributed by atoms with Crippen LogP contribution in [0.4, 0.5) is 0 Å². The lowest BCUT2D eigenvalue weighted by Gasteiger charge is -2.31. The van der Waals surface area contributed by atoms with E-state index in [9.17, 15) is 10.2 Å². The summed E-state index contributed by atoms with van der Waals surface area (Å²) in [6.07, 6.45) is 7.96. The van der Waals surface area contributed by atoms with Crippen molar-refractivity contribution < 1.29 is 10.2 Å². The molecule has 0 radical (unpaired) electrons. The Labute approximate surface area is 127 Å². The Bertz CT molecular complexity index is 375. The van der Waals surface area contributed by atoms with E-state index in [1.165, 1.54) is 25.7 Å². The number of aliphatic hydroxyl groups excluding tert-OH is 2. The van der Waals surface area contributed by atoms with Gasteiger partial charge in [0.05, 0.1) is 13.2 Å². The van der Waals surface area contributed by atoms with Gasteiger partial charge in [-0.25, -0.2) is 0 Å². The molecule has 0 fully saturated rings. The number of hydrogen-bond acceptors (Lipinski definition) is 2. The van der Waals surface area contributed by atoms with Crippen molar-refractivity contribution in [1.82, 2.24) is 0 Å². The van der Waals surface area contributed by atoms with Gasteiger partial charge < -0.3 is 10.2 Å². The highest BCUT2D eigenvalue weighted by Gasteiger charge is 2.32. The maximum atomic E-state index is 9.78. The van der Waals surface area contributed by atoms with E-state index in [-0.39, 0.29) is 13.2 Å². The minimum absolute atomic E-state index is 0.0673. The summed E-state index contributed by atoms with van der Waals surface area (Å²) in [4.78, 5) is 0. The summed E-state index contributed by atoms with van der Waals surface area (Å²) < 4.78 is 0. The van der Waals surface area contributed by atoms with Crippen LogP contribution in [-0.4, -0.2) is 23.4 Å². The van der Waals surface area contributed by atoms with Crippen molar-refractivity contribution in [2.45, 2.75) is 57.3 Å². The molecule has 0 bridgehead atoms. The fourth-order valence-electron chi connectivity index (χ4n) is 2.65. The molecule has 0 aliphatic rings. The van der Waals surface area contributed by atoms with Gasteiger partial charge in [0.2, 0.25) is 0 Å². The monoisotopic (exact) mass is 298 g/mol. The van der Waals surface area contributed by atoms with Gasteiger partial charge in [0, 0.05) is 10.4 Å². The van der Waals surface area contributed by atoms with E-state index in [4.69, 9.17) is 11.6 Å². The number of halogens is 1. The molecule has 0 heterocycles. The first-order valence-electron chi connectivity index (χ1n) is 7.67. The van der Waals surface area contributed by atoms with Crippen molar-refractivity contribution >= 4 is 11.6 Å². The summed E-state index contributed by atoms with van der Waals surface area (Å²) in [6.45, 7) is 2.07. The molecule has 0 saturated carbocycles. The molecule has 0 spiro atoms. The molecular weight excluding hydrogens is 272 g/mol. The normalized spacial score (nSPS) is 11.8. The molecule has 0 saturated heterocycles. The molecule has 1 rings (SSSR count). The zero-order valence-electron chi connectivity index (χ0n) is 12.4. The van der Waals surface area contributed by atoms with Crippen LogP contribution in [0.1, 0.15) is 57.4 Å². The first-order chi connectivity index (χ1) is 9.70. The minimum Gasteiger partial charge on any atom is -0.395 e. The van der Waals surface area contributed by atoms with Gasteiger partial charge in [-0.2, -0.15) is 0 Å². The van der Waals surface area contributed by atoms with Crippen LogP contribution in [0.2, 0.25) is 5.02 Å². The van der Waals surface area contributed by atoms with E-state index in [0.717, 1.165) is 24.8 Å². The number of hydrogen-bond donors (Lipinski definition) is 2. The number of aliphatic hydroxyl groups is 2. The predicted octanol–water partition coefficient (Wildman–Crippen LogP) is 4.31. The van der Waals surface area contributed by atoms with Crippen LogP contribution in [-0.2, 0) is 5.41 Å². The van der Waals surface area contributed by atoms with Gasteiger partial charge in [-0.15, -0.1) is 0 Å². The van der Waals surface area contributed by atoms with E-state index >= 15 is 0 Å². The number of rotatable bonds is 10. The topological polar surface area (TPSA) is 40.5 Å². The largest absolute Gasteiger partial charge is 0.395 e. The molecule has 114 valence electrons. The molecule has 0 aliphatic carbocycles. The smallest absolute Gasteiger partial charge is 0.0550 e. The van der Waals surface area contributed by atoms with Gasteiger partial charge in [0.1, 0.15) is 0 Å². The van der Waals surface area contributed by atoms with Gasteiger partial charge in [-0.1, -0.05) is 75.2 Å². The quantitative estimate of drug-likeness (QED) is 0.632. The van der Waals surface area contributed by atoms with Crippen molar-refractivity contribution in [1.29, 1.82) is 0 Å². The van der Waals surface area contributed by atoms with Gasteiger partial charge in [0.25, 0.3) is 0 Å². The second-order valence-electron chi connectivity index (χ2n) is 5.59. The Morgan fingerprint density at radius 2 is 1.55 bits per heavy atom. The molecule has 3 heteroatoms. The zero-order chi connectivity index (χ0) is 14.8. The van der Waals surface area contributed by atoms with Crippen LogP contribution in [0.5, 0.6) is 0 Å². The zero-order valence-corrected chi connectivity index (χ0v) is 13.2. The van der Waals surface area contributed by atoms with E-state index in [1.54, 1.807) is 0 Å². The average molecular weight is 299 g/mol. The van der Waals surface area contributed by atoms with Crippen molar-refractivity contribution in [3.63, 3.8) is 0 Å². The molecule has 2 nitrogen and oxygen atoms in total. The molecular formula is C17H27ClO2. The number of unbranched alkanes of at least 4 members (excludes halogenated alkanes) is 5. The van der Waals surface area contributed by atoms with E-state index in [1.807, 2.05) is 24.3 Å². The fraction of sp³-hybridized carbons (Fsp3) is 0.647. The molecule has 0 unspecified atom stereocenters. The number of benzene rings is 1. The third kappa shape index (κ3) is 4.76. The standard InChI is InChI=1S/C17H27ClO2/c1-2-3-4-5-6-9-12-17(13-19,14-20)15-10-7-8-11-16(15)18/h7-8,10-11,19-20H,2-6,9,12-14H2,1H3. The Balaban J connectivity index is 2.61. The van der Waals surface area contributed by atoms with Crippen molar-refractivity contribution in [2.75, 3.05) is 13.2 Å². The Morgan fingerprint density at radius 1 is 0.950 bits per heavy atom. The van der Waals surface area contributed by atoms with Crippen LogP contribution >= 0.6 is 11.6 Å². The van der Waals surface area contributed by atoms with Crippen LogP contribution < -0.4 is 0 Å². The van der Waals surface area contributed by atoms with Crippen molar-refractivity contribution in [3.05, 3.63) is 34.9 Å². The predicted molar refractivity (Wildman–Crippen MR) is 85.3 cm³/mol. The second-order valence-corrected chi connectivity index (χ2v) is 6.00. The van der Waals surface area contributed by atoms with Crippen LogP contribution in [0.15, 0.2) is 24.3 Å². The molecule has 1 aromatic rings. The molecule has 0 aliphatic heterocycles. The maximum Gasteiger partial charge on any atom is 0.0550 e. The van der Waals surface area contributed by atoms with Gasteiger partial charge in [0.15, 0.2) is 0 Å². The molecule has 0 aromatic heterocycles. The van der Waals surface area contributed by atoms with Crippen molar-refractivity contribution in [2.24, 2.45) is 0 Å². The summed E-state index contributed by atoms with van der Waals surface area (Å²) >= 11 is 6.23. The van der Waals surface area contributed by atoms with Gasteiger partial charge in [-0.05, 0) is 18.1 Å². The van der Waals surface area contributed by atoms with Gasteiger partial charge in [-0.3, -0.25) is 0 Å². The van der Waals surface area contributed by atoms with E-state index in [0.29, 0.717) is 5.02 Å². The van der Waals surface area contributed by atoms with E-state index < -0.39 is 5.41 Å². The molecule has 20 heavy (non-hydrogen) atoms.